The Morgan fingerprint density at radius 1 is 1.14 bits per heavy atom. The second-order valence-electron chi connectivity index (χ2n) is 8.65. The van der Waals surface area contributed by atoms with Gasteiger partial charge in [0.1, 0.15) is 41.4 Å². The predicted molar refractivity (Wildman–Crippen MR) is 130 cm³/mol. The number of nitrogens with zero attached hydrogens (tertiary/aromatic N) is 6. The number of fused-ring (bicyclic) bond motifs is 1. The van der Waals surface area contributed by atoms with Gasteiger partial charge in [-0.25, -0.2) is 27.8 Å². The van der Waals surface area contributed by atoms with Gasteiger partial charge in [-0.1, -0.05) is 29.5 Å². The lowest BCUT2D eigenvalue weighted by molar-refractivity contribution is -0.0501. The molecule has 1 N–H and O–H groups in total. The van der Waals surface area contributed by atoms with Gasteiger partial charge >= 0.3 is 0 Å². The minimum absolute atomic E-state index is 0.119. The molecule has 5 rings (SSSR count). The lowest BCUT2D eigenvalue weighted by Crippen LogP contribution is -2.52. The first-order chi connectivity index (χ1) is 17.7. The van der Waals surface area contributed by atoms with Gasteiger partial charge in [-0.05, 0) is 30.7 Å². The molecule has 0 radical (unpaired) electrons. The largest absolute Gasteiger partial charge is 0.381 e. The van der Waals surface area contributed by atoms with Crippen molar-refractivity contribution in [2.24, 2.45) is 0 Å². The summed E-state index contributed by atoms with van der Waals surface area (Å²) in [4.78, 5) is 24.3. The first-order valence-electron chi connectivity index (χ1n) is 11.2. The van der Waals surface area contributed by atoms with Gasteiger partial charge in [-0.2, -0.15) is 5.10 Å². The summed E-state index contributed by atoms with van der Waals surface area (Å²) >= 11 is 1.33. The van der Waals surface area contributed by atoms with E-state index >= 15 is 0 Å². The van der Waals surface area contributed by atoms with Gasteiger partial charge in [0.25, 0.3) is 5.91 Å². The number of likely N-dealkylation sites (N-methyl/N-ethyl adjacent to an activating group) is 1. The predicted octanol–water partition coefficient (Wildman–Crippen LogP) is 4.12. The van der Waals surface area contributed by atoms with Crippen LogP contribution in [0.1, 0.15) is 23.0 Å². The van der Waals surface area contributed by atoms with Crippen molar-refractivity contribution in [2.45, 2.75) is 25.1 Å². The standard InChI is InChI=1S/C25H21F3N6O2S/c1-15(25(36,12-34-14-29-13-30-34)19-8-7-18(27)9-20(19)28)32(2)23(35)21-10-33-11-22(37-24(33)31-21)16-3-5-17(26)6-4-16/h3-11,13-15,36H,12H2,1-2H3/t15-,25-/m1/s1. The number of rotatable bonds is 7. The van der Waals surface area contributed by atoms with E-state index in [9.17, 15) is 23.1 Å². The summed E-state index contributed by atoms with van der Waals surface area (Å²) in [5.41, 5.74) is -1.24. The molecular weight excluding hydrogens is 505 g/mol. The van der Waals surface area contributed by atoms with Crippen molar-refractivity contribution in [2.75, 3.05) is 7.05 Å². The second-order valence-corrected chi connectivity index (χ2v) is 9.66. The molecule has 8 nitrogen and oxygen atoms in total. The second kappa shape index (κ2) is 9.45. The summed E-state index contributed by atoms with van der Waals surface area (Å²) in [6.45, 7) is 1.32. The first kappa shape index (κ1) is 24.7. The van der Waals surface area contributed by atoms with Crippen molar-refractivity contribution in [1.29, 1.82) is 0 Å². The van der Waals surface area contributed by atoms with Crippen LogP contribution in [0.5, 0.6) is 0 Å². The minimum Gasteiger partial charge on any atom is -0.381 e. The molecular formula is C25H21F3N6O2S. The van der Waals surface area contributed by atoms with Crippen molar-refractivity contribution < 1.29 is 23.1 Å². The highest BCUT2D eigenvalue weighted by Crippen LogP contribution is 2.33. The quantitative estimate of drug-likeness (QED) is 0.345. The lowest BCUT2D eigenvalue weighted by atomic mass is 9.85. The average Bonchev–Trinajstić information content (AvgIpc) is 3.60. The smallest absolute Gasteiger partial charge is 0.274 e. The van der Waals surface area contributed by atoms with E-state index in [-0.39, 0.29) is 23.6 Å². The van der Waals surface area contributed by atoms with Crippen LogP contribution >= 0.6 is 11.3 Å². The van der Waals surface area contributed by atoms with Crippen LogP contribution in [0.25, 0.3) is 15.4 Å². The highest BCUT2D eigenvalue weighted by Gasteiger charge is 2.43. The number of imidazole rings is 1. The number of thiazole rings is 1. The van der Waals surface area contributed by atoms with Crippen molar-refractivity contribution in [3.05, 3.63) is 96.2 Å². The van der Waals surface area contributed by atoms with Gasteiger partial charge in [0.15, 0.2) is 4.96 Å². The number of halogens is 3. The van der Waals surface area contributed by atoms with E-state index in [0.717, 1.165) is 22.6 Å². The molecule has 3 heterocycles. The van der Waals surface area contributed by atoms with Gasteiger partial charge in [0.05, 0.1) is 17.5 Å². The zero-order valence-electron chi connectivity index (χ0n) is 19.7. The number of aliphatic hydroxyl groups is 1. The van der Waals surface area contributed by atoms with Crippen LogP contribution < -0.4 is 0 Å². The third-order valence-electron chi connectivity index (χ3n) is 6.36. The average molecular weight is 527 g/mol. The van der Waals surface area contributed by atoms with Gasteiger partial charge < -0.3 is 10.0 Å². The Balaban J connectivity index is 1.44. The highest BCUT2D eigenvalue weighted by molar-refractivity contribution is 7.20. The molecule has 2 atom stereocenters. The van der Waals surface area contributed by atoms with Gasteiger partial charge in [0.2, 0.25) is 0 Å². The number of hydrogen-bond donors (Lipinski definition) is 1. The fraction of sp³-hybridized carbons (Fsp3) is 0.200. The molecule has 0 fully saturated rings. The minimum atomic E-state index is -1.98. The van der Waals surface area contributed by atoms with E-state index in [1.54, 1.807) is 35.9 Å². The number of carbonyl (C=O) groups is 1. The number of amides is 1. The van der Waals surface area contributed by atoms with E-state index in [1.807, 2.05) is 0 Å². The third-order valence-corrected chi connectivity index (χ3v) is 7.41. The Morgan fingerprint density at radius 3 is 2.51 bits per heavy atom. The van der Waals surface area contributed by atoms with E-state index in [2.05, 4.69) is 15.1 Å². The van der Waals surface area contributed by atoms with Crippen LogP contribution in [0, 0.1) is 17.5 Å². The summed E-state index contributed by atoms with van der Waals surface area (Å²) in [5.74, 6) is -2.59. The fourth-order valence-corrected chi connectivity index (χ4v) is 5.14. The van der Waals surface area contributed by atoms with Gasteiger partial charge in [-0.15, -0.1) is 0 Å². The molecule has 0 aliphatic carbocycles. The third kappa shape index (κ3) is 4.60. The molecule has 37 heavy (non-hydrogen) atoms. The molecule has 1 amide bonds. The molecule has 190 valence electrons. The maximum absolute atomic E-state index is 14.8. The topological polar surface area (TPSA) is 88.5 Å². The molecule has 0 saturated heterocycles. The molecule has 0 unspecified atom stereocenters. The summed E-state index contributed by atoms with van der Waals surface area (Å²) in [6, 6.07) is 7.94. The Morgan fingerprint density at radius 2 is 1.86 bits per heavy atom. The molecule has 0 bridgehead atoms. The Kier molecular flexibility index (Phi) is 6.30. The zero-order chi connectivity index (χ0) is 26.3. The number of hydrogen-bond acceptors (Lipinski definition) is 6. The fourth-order valence-electron chi connectivity index (χ4n) is 4.17. The van der Waals surface area contributed by atoms with E-state index < -0.39 is 29.2 Å². The monoisotopic (exact) mass is 526 g/mol. The lowest BCUT2D eigenvalue weighted by Gasteiger charge is -2.39. The van der Waals surface area contributed by atoms with Gasteiger partial charge in [-0.3, -0.25) is 9.20 Å². The Labute approximate surface area is 213 Å². The molecule has 0 spiro atoms. The van der Waals surface area contributed by atoms with E-state index in [4.69, 9.17) is 0 Å². The summed E-state index contributed by atoms with van der Waals surface area (Å²) in [5, 5.41) is 15.7. The maximum Gasteiger partial charge on any atom is 0.274 e. The molecule has 0 aliphatic rings. The molecule has 12 heteroatoms. The summed E-state index contributed by atoms with van der Waals surface area (Å²) in [6.07, 6.45) is 5.96. The highest BCUT2D eigenvalue weighted by atomic mass is 32.1. The van der Waals surface area contributed by atoms with Crippen LogP contribution in [-0.4, -0.2) is 53.2 Å². The molecule has 2 aromatic carbocycles. The van der Waals surface area contributed by atoms with Crippen LogP contribution in [0.3, 0.4) is 0 Å². The first-order valence-corrected chi connectivity index (χ1v) is 12.0. The Bertz CT molecular complexity index is 1540. The molecule has 3 aromatic heterocycles. The van der Waals surface area contributed by atoms with Gasteiger partial charge in [0, 0.05) is 31.1 Å². The normalized spacial score (nSPS) is 14.0. The molecule has 5 aromatic rings. The van der Waals surface area contributed by atoms with Crippen molar-refractivity contribution >= 4 is 22.2 Å². The number of aromatic nitrogens is 5. The van der Waals surface area contributed by atoms with E-state index in [1.165, 1.54) is 52.8 Å². The molecule has 0 aliphatic heterocycles. The number of carbonyl (C=O) groups excluding carboxylic acids is 1. The van der Waals surface area contributed by atoms with Crippen LogP contribution in [0.2, 0.25) is 0 Å². The number of benzene rings is 2. The van der Waals surface area contributed by atoms with Crippen molar-refractivity contribution in [1.82, 2.24) is 29.0 Å². The SMILES string of the molecule is C[C@@H](N(C)C(=O)c1cn2cc(-c3ccc(F)cc3)sc2n1)[C@](O)(Cn1cncn1)c1ccc(F)cc1F. The maximum atomic E-state index is 14.8. The van der Waals surface area contributed by atoms with Crippen LogP contribution in [0.4, 0.5) is 13.2 Å². The van der Waals surface area contributed by atoms with E-state index in [0.29, 0.717) is 11.0 Å². The summed E-state index contributed by atoms with van der Waals surface area (Å²) < 4.78 is 44.7. The zero-order valence-corrected chi connectivity index (χ0v) is 20.5. The molecule has 0 saturated carbocycles. The summed E-state index contributed by atoms with van der Waals surface area (Å²) in [7, 11) is 1.47. The van der Waals surface area contributed by atoms with Crippen LogP contribution in [0.15, 0.2) is 67.5 Å². The Hall–Kier alpha value is -4.03. The van der Waals surface area contributed by atoms with Crippen LogP contribution in [-0.2, 0) is 12.1 Å². The van der Waals surface area contributed by atoms with Crippen molar-refractivity contribution in [3.63, 3.8) is 0 Å². The van der Waals surface area contributed by atoms with Crippen molar-refractivity contribution in [3.8, 4) is 10.4 Å².